The largest absolute Gasteiger partial charge is 0.462 e. The van der Waals surface area contributed by atoms with E-state index in [9.17, 15) is 14.4 Å². The number of ketones is 1. The van der Waals surface area contributed by atoms with Crippen molar-refractivity contribution in [2.45, 2.75) is 136 Å². The van der Waals surface area contributed by atoms with Crippen molar-refractivity contribution in [3.8, 4) is 0 Å². The Balaban J connectivity index is 1.21. The number of aldehydes is 1. The van der Waals surface area contributed by atoms with E-state index in [0.717, 1.165) is 57.7 Å². The molecule has 4 heteroatoms. The van der Waals surface area contributed by atoms with Crippen LogP contribution >= 0.6 is 0 Å². The highest BCUT2D eigenvalue weighted by molar-refractivity contribution is 5.91. The van der Waals surface area contributed by atoms with Gasteiger partial charge in [0.15, 0.2) is 5.78 Å². The standard InChI is InChI=1S/C31H48O4/c1-30-19-17-24(33)22-23(30)13-14-25-26-15-16-28(31(26,2)20-18-27(25)30)35-29(34)12-10-8-6-4-3-5-7-9-11-21-32/h21-22,25-28H,3-20H2,1-2H3/t25-,26-,27-,28-,30-,31-/m0/s1. The van der Waals surface area contributed by atoms with Crippen LogP contribution in [0.2, 0.25) is 0 Å². The Kier molecular flexibility index (Phi) is 8.92. The van der Waals surface area contributed by atoms with E-state index >= 15 is 0 Å². The molecule has 3 saturated carbocycles. The monoisotopic (exact) mass is 484 g/mol. The van der Waals surface area contributed by atoms with Crippen LogP contribution in [0.15, 0.2) is 11.6 Å². The van der Waals surface area contributed by atoms with E-state index in [1.807, 2.05) is 6.08 Å². The maximum Gasteiger partial charge on any atom is 0.306 e. The molecule has 4 nitrogen and oxygen atoms in total. The molecular weight excluding hydrogens is 436 g/mol. The van der Waals surface area contributed by atoms with Gasteiger partial charge in [-0.25, -0.2) is 0 Å². The van der Waals surface area contributed by atoms with E-state index in [1.54, 1.807) is 0 Å². The van der Waals surface area contributed by atoms with Crippen LogP contribution in [0.1, 0.15) is 129 Å². The Morgan fingerprint density at radius 3 is 2.37 bits per heavy atom. The van der Waals surface area contributed by atoms with Crippen LogP contribution < -0.4 is 0 Å². The third-order valence-electron chi connectivity index (χ3n) is 10.6. The van der Waals surface area contributed by atoms with Crippen LogP contribution in [0.25, 0.3) is 0 Å². The maximum atomic E-state index is 12.7. The van der Waals surface area contributed by atoms with Crippen molar-refractivity contribution in [1.29, 1.82) is 0 Å². The summed E-state index contributed by atoms with van der Waals surface area (Å²) in [5.74, 6) is 2.40. The van der Waals surface area contributed by atoms with Crippen molar-refractivity contribution >= 4 is 18.0 Å². The van der Waals surface area contributed by atoms with Gasteiger partial charge in [0.1, 0.15) is 12.4 Å². The number of fused-ring (bicyclic) bond motifs is 5. The van der Waals surface area contributed by atoms with Gasteiger partial charge in [0.05, 0.1) is 0 Å². The third kappa shape index (κ3) is 5.77. The summed E-state index contributed by atoms with van der Waals surface area (Å²) >= 11 is 0. The number of unbranched alkanes of at least 4 members (excludes halogenated alkanes) is 8. The molecule has 6 atom stereocenters. The summed E-state index contributed by atoms with van der Waals surface area (Å²) in [6, 6.07) is 0. The summed E-state index contributed by atoms with van der Waals surface area (Å²) < 4.78 is 6.17. The first-order valence-corrected chi connectivity index (χ1v) is 14.8. The highest BCUT2D eigenvalue weighted by Gasteiger charge is 2.59. The maximum absolute atomic E-state index is 12.7. The smallest absolute Gasteiger partial charge is 0.306 e. The number of ether oxygens (including phenoxy) is 1. The van der Waals surface area contributed by atoms with Crippen LogP contribution in [-0.2, 0) is 19.1 Å². The third-order valence-corrected chi connectivity index (χ3v) is 10.6. The Morgan fingerprint density at radius 1 is 0.914 bits per heavy atom. The number of esters is 1. The highest BCUT2D eigenvalue weighted by Crippen LogP contribution is 2.65. The molecule has 0 radical (unpaired) electrons. The number of carbonyl (C=O) groups is 3. The molecule has 0 spiro atoms. The van der Waals surface area contributed by atoms with Crippen molar-refractivity contribution in [2.24, 2.45) is 28.6 Å². The van der Waals surface area contributed by atoms with E-state index in [4.69, 9.17) is 4.74 Å². The van der Waals surface area contributed by atoms with E-state index in [2.05, 4.69) is 13.8 Å². The molecular formula is C31H48O4. The molecule has 0 amide bonds. The van der Waals surface area contributed by atoms with Gasteiger partial charge in [-0.1, -0.05) is 57.9 Å². The van der Waals surface area contributed by atoms with Crippen molar-refractivity contribution in [1.82, 2.24) is 0 Å². The first-order valence-electron chi connectivity index (χ1n) is 14.8. The topological polar surface area (TPSA) is 60.4 Å². The first kappa shape index (κ1) is 26.6. The van der Waals surface area contributed by atoms with Gasteiger partial charge < -0.3 is 9.53 Å². The van der Waals surface area contributed by atoms with Crippen LogP contribution in [0.5, 0.6) is 0 Å². The second-order valence-corrected chi connectivity index (χ2v) is 12.6. The molecule has 0 aromatic heterocycles. The van der Waals surface area contributed by atoms with Crippen molar-refractivity contribution in [3.63, 3.8) is 0 Å². The minimum atomic E-state index is 0.0134. The summed E-state index contributed by atoms with van der Waals surface area (Å²) in [5.41, 5.74) is 1.77. The molecule has 0 unspecified atom stereocenters. The lowest BCUT2D eigenvalue weighted by atomic mass is 9.47. The van der Waals surface area contributed by atoms with E-state index in [-0.39, 0.29) is 22.9 Å². The van der Waals surface area contributed by atoms with Gasteiger partial charge in [-0.05, 0) is 87.0 Å². The highest BCUT2D eigenvalue weighted by atomic mass is 16.5. The van der Waals surface area contributed by atoms with Gasteiger partial charge in [-0.15, -0.1) is 0 Å². The van der Waals surface area contributed by atoms with Crippen LogP contribution in [0, 0.1) is 28.6 Å². The Bertz CT molecular complexity index is 800. The van der Waals surface area contributed by atoms with Gasteiger partial charge in [0, 0.05) is 24.7 Å². The van der Waals surface area contributed by atoms with Crippen molar-refractivity contribution in [3.05, 3.63) is 11.6 Å². The zero-order chi connectivity index (χ0) is 24.9. The quantitative estimate of drug-likeness (QED) is 0.163. The molecule has 0 aromatic rings. The summed E-state index contributed by atoms with van der Waals surface area (Å²) in [7, 11) is 0. The summed E-state index contributed by atoms with van der Waals surface area (Å²) in [6.07, 6.45) is 22.1. The Morgan fingerprint density at radius 2 is 1.63 bits per heavy atom. The van der Waals surface area contributed by atoms with Gasteiger partial charge >= 0.3 is 5.97 Å². The number of allylic oxidation sites excluding steroid dienone is 1. The second-order valence-electron chi connectivity index (χ2n) is 12.6. The molecule has 4 rings (SSSR count). The lowest BCUT2D eigenvalue weighted by Crippen LogP contribution is -2.51. The number of carbonyl (C=O) groups excluding carboxylic acids is 3. The molecule has 35 heavy (non-hydrogen) atoms. The fourth-order valence-corrected chi connectivity index (χ4v) is 8.48. The van der Waals surface area contributed by atoms with Crippen molar-refractivity contribution < 1.29 is 19.1 Å². The molecule has 0 aromatic carbocycles. The summed E-state index contributed by atoms with van der Waals surface area (Å²) in [6.45, 7) is 4.84. The normalized spacial score (nSPS) is 36.1. The molecule has 196 valence electrons. The molecule has 4 aliphatic carbocycles. The molecule has 4 aliphatic rings. The van der Waals surface area contributed by atoms with Gasteiger partial charge in [-0.2, -0.15) is 0 Å². The lowest BCUT2D eigenvalue weighted by Gasteiger charge is -2.57. The fourth-order valence-electron chi connectivity index (χ4n) is 8.48. The van der Waals surface area contributed by atoms with Crippen LogP contribution in [0.3, 0.4) is 0 Å². The molecule has 0 N–H and O–H groups in total. The van der Waals surface area contributed by atoms with Crippen molar-refractivity contribution in [2.75, 3.05) is 0 Å². The van der Waals surface area contributed by atoms with E-state index in [0.29, 0.717) is 42.8 Å². The Labute approximate surface area is 213 Å². The van der Waals surface area contributed by atoms with Gasteiger partial charge in [0.25, 0.3) is 0 Å². The molecule has 0 saturated heterocycles. The molecule has 0 bridgehead atoms. The number of rotatable bonds is 12. The molecule has 0 heterocycles. The molecule has 0 aliphatic heterocycles. The fraction of sp³-hybridized carbons (Fsp3) is 0.839. The van der Waals surface area contributed by atoms with Crippen LogP contribution in [-0.4, -0.2) is 24.1 Å². The van der Waals surface area contributed by atoms with Gasteiger partial charge in [0.2, 0.25) is 0 Å². The zero-order valence-corrected chi connectivity index (χ0v) is 22.3. The lowest BCUT2D eigenvalue weighted by molar-refractivity contribution is -0.160. The Hall–Kier alpha value is -1.45. The van der Waals surface area contributed by atoms with E-state index in [1.165, 1.54) is 50.5 Å². The average molecular weight is 485 g/mol. The zero-order valence-electron chi connectivity index (χ0n) is 22.3. The minimum absolute atomic E-state index is 0.0134. The molecule has 3 fully saturated rings. The average Bonchev–Trinajstić information content (AvgIpc) is 3.16. The van der Waals surface area contributed by atoms with E-state index < -0.39 is 0 Å². The number of hydrogen-bond acceptors (Lipinski definition) is 4. The minimum Gasteiger partial charge on any atom is -0.462 e. The van der Waals surface area contributed by atoms with Gasteiger partial charge in [-0.3, -0.25) is 9.59 Å². The predicted octanol–water partition coefficient (Wildman–Crippen LogP) is 7.53. The summed E-state index contributed by atoms with van der Waals surface area (Å²) in [4.78, 5) is 35.1. The second kappa shape index (κ2) is 11.7. The first-order chi connectivity index (χ1) is 16.9. The number of hydrogen-bond donors (Lipinski definition) is 0. The van der Waals surface area contributed by atoms with Crippen LogP contribution in [0.4, 0.5) is 0 Å². The summed E-state index contributed by atoms with van der Waals surface area (Å²) in [5, 5.41) is 0. The predicted molar refractivity (Wildman–Crippen MR) is 139 cm³/mol. The SMILES string of the molecule is C[C@]12CC[C@H]3[C@@H](CCC4=CC(=O)CC[C@@]43C)[C@@H]1CC[C@@H]2OC(=O)CCCCCCCCCCC=O.